The molecule has 0 radical (unpaired) electrons. The van der Waals surface area contributed by atoms with E-state index in [-0.39, 0.29) is 6.04 Å². The van der Waals surface area contributed by atoms with Gasteiger partial charge in [0, 0.05) is 6.20 Å². The van der Waals surface area contributed by atoms with Crippen LogP contribution in [-0.4, -0.2) is 4.98 Å². The third-order valence-electron chi connectivity index (χ3n) is 2.77. The molecule has 2 nitrogen and oxygen atoms in total. The van der Waals surface area contributed by atoms with Crippen LogP contribution in [0.3, 0.4) is 0 Å². The van der Waals surface area contributed by atoms with Gasteiger partial charge in [-0.15, -0.1) is 0 Å². The summed E-state index contributed by atoms with van der Waals surface area (Å²) in [6.45, 7) is 4.27. The molecule has 2 rings (SSSR count). The van der Waals surface area contributed by atoms with Crippen molar-refractivity contribution in [3.63, 3.8) is 0 Å². The predicted octanol–water partition coefficient (Wildman–Crippen LogP) is 4.33. The summed E-state index contributed by atoms with van der Waals surface area (Å²) in [5.41, 5.74) is 2.59. The molecule has 1 heterocycles. The number of nitrogens with zero attached hydrogens (tertiary/aromatic N) is 1. The molecule has 0 bridgehead atoms. The van der Waals surface area contributed by atoms with Crippen LogP contribution in [0.4, 0.5) is 5.82 Å². The maximum Gasteiger partial charge on any atom is 0.140 e. The quantitative estimate of drug-likeness (QED) is 0.910. The van der Waals surface area contributed by atoms with Crippen LogP contribution in [0, 0.1) is 6.92 Å². The van der Waals surface area contributed by atoms with Crippen LogP contribution in [0.25, 0.3) is 0 Å². The average Bonchev–Trinajstić information content (AvgIpc) is 2.32. The van der Waals surface area contributed by atoms with Crippen molar-refractivity contribution < 1.29 is 0 Å². The van der Waals surface area contributed by atoms with Crippen LogP contribution >= 0.6 is 15.9 Å². The van der Waals surface area contributed by atoms with Crippen LogP contribution in [0.2, 0.25) is 0 Å². The third-order valence-corrected chi connectivity index (χ3v) is 3.41. The van der Waals surface area contributed by atoms with Gasteiger partial charge >= 0.3 is 0 Å². The van der Waals surface area contributed by atoms with Crippen LogP contribution < -0.4 is 5.32 Å². The van der Waals surface area contributed by atoms with Crippen LogP contribution in [0.15, 0.2) is 47.1 Å². The molecule has 0 amide bonds. The number of hydrogen-bond donors (Lipinski definition) is 1. The molecular weight excluding hydrogens is 276 g/mol. The number of anilines is 1. The summed E-state index contributed by atoms with van der Waals surface area (Å²) in [6.07, 6.45) is 1.79. The zero-order valence-corrected chi connectivity index (χ0v) is 11.5. The maximum atomic E-state index is 4.32. The molecule has 1 aromatic carbocycles. The normalized spacial score (nSPS) is 12.2. The molecule has 0 aliphatic rings. The molecule has 0 aliphatic carbocycles. The standard InChI is InChI=1S/C14H15BrN2/c1-10-6-3-4-7-12(10)11(2)17-14-13(15)8-5-9-16-14/h3-9,11H,1-2H3,(H,16,17). The first-order valence-corrected chi connectivity index (χ1v) is 6.40. The molecule has 0 spiro atoms. The summed E-state index contributed by atoms with van der Waals surface area (Å²) >= 11 is 3.49. The molecule has 0 saturated heterocycles. The second-order valence-electron chi connectivity index (χ2n) is 4.06. The van der Waals surface area contributed by atoms with E-state index in [0.717, 1.165) is 10.3 Å². The first-order chi connectivity index (χ1) is 8.18. The van der Waals surface area contributed by atoms with Crippen molar-refractivity contribution in [2.24, 2.45) is 0 Å². The van der Waals surface area contributed by atoms with E-state index in [1.54, 1.807) is 6.20 Å². The van der Waals surface area contributed by atoms with Gasteiger partial charge in [0.15, 0.2) is 0 Å². The highest BCUT2D eigenvalue weighted by atomic mass is 79.9. The Labute approximate surface area is 110 Å². The van der Waals surface area contributed by atoms with Crippen LogP contribution in [0.1, 0.15) is 24.1 Å². The SMILES string of the molecule is Cc1ccccc1C(C)Nc1ncccc1Br. The Bertz CT molecular complexity index is 511. The van der Waals surface area contributed by atoms with Gasteiger partial charge in [-0.3, -0.25) is 0 Å². The Morgan fingerprint density at radius 3 is 2.65 bits per heavy atom. The van der Waals surface area contributed by atoms with Crippen molar-refractivity contribution in [2.45, 2.75) is 19.9 Å². The molecule has 0 saturated carbocycles. The van der Waals surface area contributed by atoms with E-state index in [1.165, 1.54) is 11.1 Å². The zero-order chi connectivity index (χ0) is 12.3. The first kappa shape index (κ1) is 12.1. The van der Waals surface area contributed by atoms with Crippen molar-refractivity contribution in [3.8, 4) is 0 Å². The summed E-state index contributed by atoms with van der Waals surface area (Å²) in [5, 5.41) is 3.41. The fraction of sp³-hybridized carbons (Fsp3) is 0.214. The fourth-order valence-corrected chi connectivity index (χ4v) is 2.22. The molecule has 1 atom stereocenters. The van der Waals surface area contributed by atoms with E-state index in [0.29, 0.717) is 0 Å². The Morgan fingerprint density at radius 2 is 1.94 bits per heavy atom. The minimum absolute atomic E-state index is 0.238. The lowest BCUT2D eigenvalue weighted by Gasteiger charge is -2.17. The van der Waals surface area contributed by atoms with Crippen LogP contribution in [0.5, 0.6) is 0 Å². The van der Waals surface area contributed by atoms with Gasteiger partial charge in [0.2, 0.25) is 0 Å². The molecular formula is C14H15BrN2. The van der Waals surface area contributed by atoms with E-state index < -0.39 is 0 Å². The number of aryl methyl sites for hydroxylation is 1. The second kappa shape index (κ2) is 5.32. The number of hydrogen-bond acceptors (Lipinski definition) is 2. The van der Waals surface area contributed by atoms with Gasteiger partial charge in [0.1, 0.15) is 5.82 Å². The highest BCUT2D eigenvalue weighted by Gasteiger charge is 2.09. The molecule has 3 heteroatoms. The van der Waals surface area contributed by atoms with E-state index in [4.69, 9.17) is 0 Å². The summed E-state index contributed by atoms with van der Waals surface area (Å²) in [7, 11) is 0. The monoisotopic (exact) mass is 290 g/mol. The van der Waals surface area contributed by atoms with E-state index in [2.05, 4.69) is 64.3 Å². The van der Waals surface area contributed by atoms with Gasteiger partial charge in [-0.1, -0.05) is 24.3 Å². The van der Waals surface area contributed by atoms with E-state index in [9.17, 15) is 0 Å². The lowest BCUT2D eigenvalue weighted by Crippen LogP contribution is -2.09. The van der Waals surface area contributed by atoms with Gasteiger partial charge in [-0.25, -0.2) is 4.98 Å². The van der Waals surface area contributed by atoms with E-state index >= 15 is 0 Å². The molecule has 17 heavy (non-hydrogen) atoms. The predicted molar refractivity (Wildman–Crippen MR) is 75.2 cm³/mol. The highest BCUT2D eigenvalue weighted by molar-refractivity contribution is 9.10. The molecule has 0 aliphatic heterocycles. The Morgan fingerprint density at radius 1 is 1.18 bits per heavy atom. The minimum atomic E-state index is 0.238. The van der Waals surface area contributed by atoms with Crippen molar-refractivity contribution in [1.82, 2.24) is 4.98 Å². The number of aromatic nitrogens is 1. The molecule has 1 aromatic heterocycles. The van der Waals surface area contributed by atoms with Gasteiger partial charge < -0.3 is 5.32 Å². The summed E-state index contributed by atoms with van der Waals surface area (Å²) in [5.74, 6) is 0.878. The molecule has 88 valence electrons. The van der Waals surface area contributed by atoms with Crippen molar-refractivity contribution in [2.75, 3.05) is 5.32 Å². The Kier molecular flexibility index (Phi) is 3.79. The zero-order valence-electron chi connectivity index (χ0n) is 9.94. The lowest BCUT2D eigenvalue weighted by atomic mass is 10.0. The molecule has 1 N–H and O–H groups in total. The highest BCUT2D eigenvalue weighted by Crippen LogP contribution is 2.25. The molecule has 2 aromatic rings. The molecule has 0 fully saturated rings. The van der Waals surface area contributed by atoms with Crippen molar-refractivity contribution in [1.29, 1.82) is 0 Å². The summed E-state index contributed by atoms with van der Waals surface area (Å²) in [4.78, 5) is 4.32. The average molecular weight is 291 g/mol. The van der Waals surface area contributed by atoms with Crippen LogP contribution in [-0.2, 0) is 0 Å². The Balaban J connectivity index is 2.20. The fourth-order valence-electron chi connectivity index (χ4n) is 1.85. The van der Waals surface area contributed by atoms with Gasteiger partial charge in [0.25, 0.3) is 0 Å². The number of pyridine rings is 1. The maximum absolute atomic E-state index is 4.32. The van der Waals surface area contributed by atoms with Gasteiger partial charge in [0.05, 0.1) is 10.5 Å². The number of benzene rings is 1. The van der Waals surface area contributed by atoms with Gasteiger partial charge in [-0.2, -0.15) is 0 Å². The van der Waals surface area contributed by atoms with E-state index in [1.807, 2.05) is 12.1 Å². The topological polar surface area (TPSA) is 24.9 Å². The number of rotatable bonds is 3. The lowest BCUT2D eigenvalue weighted by molar-refractivity contribution is 0.863. The number of nitrogens with one attached hydrogen (secondary N) is 1. The largest absolute Gasteiger partial charge is 0.363 e. The first-order valence-electron chi connectivity index (χ1n) is 5.61. The Hall–Kier alpha value is -1.35. The van der Waals surface area contributed by atoms with Gasteiger partial charge in [-0.05, 0) is 53.0 Å². The van der Waals surface area contributed by atoms with Crippen molar-refractivity contribution >= 4 is 21.7 Å². The molecule has 1 unspecified atom stereocenters. The summed E-state index contributed by atoms with van der Waals surface area (Å²) < 4.78 is 0.987. The number of halogens is 1. The van der Waals surface area contributed by atoms with Crippen molar-refractivity contribution in [3.05, 3.63) is 58.2 Å². The smallest absolute Gasteiger partial charge is 0.140 e. The summed E-state index contributed by atoms with van der Waals surface area (Å²) in [6, 6.07) is 12.5. The second-order valence-corrected chi connectivity index (χ2v) is 4.91. The minimum Gasteiger partial charge on any atom is -0.363 e. The third kappa shape index (κ3) is 2.86.